The van der Waals surface area contributed by atoms with Crippen LogP contribution in [0.25, 0.3) is 11.0 Å². The number of ether oxygens (including phenoxy) is 2. The Morgan fingerprint density at radius 3 is 2.83 bits per heavy atom. The van der Waals surface area contributed by atoms with Gasteiger partial charge in [0.2, 0.25) is 0 Å². The van der Waals surface area contributed by atoms with Crippen molar-refractivity contribution in [1.82, 2.24) is 14.5 Å². The van der Waals surface area contributed by atoms with Crippen molar-refractivity contribution in [3.05, 3.63) is 23.2 Å². The van der Waals surface area contributed by atoms with Crippen LogP contribution in [0.2, 0.25) is 5.15 Å². The molecule has 1 aliphatic heterocycles. The summed E-state index contributed by atoms with van der Waals surface area (Å²) in [5.74, 6) is -0.576. The largest absolute Gasteiger partial charge is 0.396 e. The Kier molecular flexibility index (Phi) is 3.43. The average molecular weight is 338 g/mol. The fourth-order valence-corrected chi connectivity index (χ4v) is 4.26. The molecule has 124 valence electrons. The quantitative estimate of drug-likeness (QED) is 0.852. The van der Waals surface area contributed by atoms with Crippen LogP contribution in [-0.2, 0) is 9.47 Å². The topological polar surface area (TPSA) is 69.4 Å². The second kappa shape index (κ2) is 5.14. The van der Waals surface area contributed by atoms with Gasteiger partial charge in [0.25, 0.3) is 0 Å². The first-order valence-corrected chi connectivity index (χ1v) is 8.23. The number of fused-ring (bicyclic) bond motifs is 2. The minimum atomic E-state index is -0.633. The molecule has 1 N–H and O–H groups in total. The Hall–Kier alpha value is -1.21. The van der Waals surface area contributed by atoms with Crippen molar-refractivity contribution in [2.24, 2.45) is 5.92 Å². The maximum atomic E-state index is 9.72. The van der Waals surface area contributed by atoms with E-state index in [0.29, 0.717) is 5.15 Å². The molecule has 2 aromatic rings. The lowest BCUT2D eigenvalue weighted by Gasteiger charge is -2.24. The Bertz CT molecular complexity index is 760. The number of aliphatic hydroxyl groups excluding tert-OH is 1. The standard InChI is InChI=1S/C16H20ClN3O3/c1-8-5-20(15-11(8)14(17)18-7-19-15)10-4-9(6-21)12-13(10)23-16(2,3)22-12/h5,7,9-10,12-13,21H,4,6H2,1-3H3/t9-,10-,12-,13+/m1/s1. The van der Waals surface area contributed by atoms with E-state index in [1.807, 2.05) is 27.0 Å². The summed E-state index contributed by atoms with van der Waals surface area (Å²) in [6.07, 6.45) is 4.10. The maximum absolute atomic E-state index is 9.72. The second-order valence-corrected chi connectivity index (χ2v) is 7.25. The molecule has 0 amide bonds. The number of hydrogen-bond donors (Lipinski definition) is 1. The fraction of sp³-hybridized carbons (Fsp3) is 0.625. The zero-order valence-corrected chi connectivity index (χ0v) is 14.1. The predicted molar refractivity (Wildman–Crippen MR) is 85.3 cm³/mol. The number of rotatable bonds is 2. The van der Waals surface area contributed by atoms with E-state index < -0.39 is 5.79 Å². The highest BCUT2D eigenvalue weighted by atomic mass is 35.5. The van der Waals surface area contributed by atoms with Gasteiger partial charge in [0.05, 0.1) is 17.5 Å². The van der Waals surface area contributed by atoms with E-state index >= 15 is 0 Å². The summed E-state index contributed by atoms with van der Waals surface area (Å²) < 4.78 is 14.3. The van der Waals surface area contributed by atoms with Crippen molar-refractivity contribution < 1.29 is 14.6 Å². The minimum Gasteiger partial charge on any atom is -0.396 e. The molecule has 4 atom stereocenters. The van der Waals surface area contributed by atoms with Crippen LogP contribution >= 0.6 is 11.6 Å². The van der Waals surface area contributed by atoms with Gasteiger partial charge in [0, 0.05) is 18.7 Å². The monoisotopic (exact) mass is 337 g/mol. The molecular formula is C16H20ClN3O3. The first kappa shape index (κ1) is 15.3. The molecule has 2 aliphatic rings. The summed E-state index contributed by atoms with van der Waals surface area (Å²) in [5, 5.41) is 11.1. The normalized spacial score (nSPS) is 32.6. The van der Waals surface area contributed by atoms with Crippen LogP contribution < -0.4 is 0 Å². The van der Waals surface area contributed by atoms with Gasteiger partial charge >= 0.3 is 0 Å². The highest BCUT2D eigenvalue weighted by molar-refractivity contribution is 6.34. The van der Waals surface area contributed by atoms with Gasteiger partial charge in [-0.3, -0.25) is 0 Å². The average Bonchev–Trinajstić information content (AvgIpc) is 3.08. The summed E-state index contributed by atoms with van der Waals surface area (Å²) in [6.45, 7) is 5.91. The van der Waals surface area contributed by atoms with Gasteiger partial charge in [-0.25, -0.2) is 9.97 Å². The minimum absolute atomic E-state index is 0.0566. The van der Waals surface area contributed by atoms with E-state index in [1.165, 1.54) is 6.33 Å². The maximum Gasteiger partial charge on any atom is 0.163 e. The molecule has 0 bridgehead atoms. The first-order valence-electron chi connectivity index (χ1n) is 7.85. The van der Waals surface area contributed by atoms with Crippen LogP contribution in [0.3, 0.4) is 0 Å². The van der Waals surface area contributed by atoms with Gasteiger partial charge < -0.3 is 19.1 Å². The van der Waals surface area contributed by atoms with Crippen molar-refractivity contribution in [2.45, 2.75) is 51.2 Å². The first-order chi connectivity index (χ1) is 10.9. The molecule has 1 aliphatic carbocycles. The molecular weight excluding hydrogens is 318 g/mol. The molecule has 1 saturated heterocycles. The van der Waals surface area contributed by atoms with E-state index in [-0.39, 0.29) is 30.8 Å². The summed E-state index contributed by atoms with van der Waals surface area (Å²) in [4.78, 5) is 8.49. The number of nitrogens with zero attached hydrogens (tertiary/aromatic N) is 3. The Labute approximate surface area is 139 Å². The highest BCUT2D eigenvalue weighted by Crippen LogP contribution is 2.47. The molecule has 0 radical (unpaired) electrons. The van der Waals surface area contributed by atoms with Gasteiger partial charge in [-0.2, -0.15) is 0 Å². The molecule has 23 heavy (non-hydrogen) atoms. The third-order valence-corrected chi connectivity index (χ3v) is 5.18. The summed E-state index contributed by atoms with van der Waals surface area (Å²) in [7, 11) is 0. The molecule has 2 fully saturated rings. The van der Waals surface area contributed by atoms with Gasteiger partial charge in [-0.15, -0.1) is 0 Å². The van der Waals surface area contributed by atoms with Crippen molar-refractivity contribution >= 4 is 22.6 Å². The molecule has 2 aromatic heterocycles. The summed E-state index contributed by atoms with van der Waals surface area (Å²) >= 11 is 6.23. The SMILES string of the molecule is Cc1cn([C@@H]2C[C@H](CO)[C@H]3OC(C)(C)O[C@H]32)c2ncnc(Cl)c12. The summed E-state index contributed by atoms with van der Waals surface area (Å²) in [6, 6.07) is 0.0566. The van der Waals surface area contributed by atoms with E-state index in [1.54, 1.807) is 0 Å². The lowest BCUT2D eigenvalue weighted by Crippen LogP contribution is -2.27. The lowest BCUT2D eigenvalue weighted by atomic mass is 10.1. The molecule has 3 heterocycles. The molecule has 6 nitrogen and oxygen atoms in total. The van der Waals surface area contributed by atoms with Gasteiger partial charge in [0.1, 0.15) is 23.2 Å². The molecule has 4 rings (SSSR count). The van der Waals surface area contributed by atoms with Gasteiger partial charge in [-0.05, 0) is 32.8 Å². The van der Waals surface area contributed by atoms with Crippen molar-refractivity contribution in [3.8, 4) is 0 Å². The van der Waals surface area contributed by atoms with Crippen LogP contribution in [0.1, 0.15) is 31.9 Å². The fourth-order valence-electron chi connectivity index (χ4n) is 3.99. The molecule has 7 heteroatoms. The number of aliphatic hydroxyl groups is 1. The highest BCUT2D eigenvalue weighted by Gasteiger charge is 2.54. The van der Waals surface area contributed by atoms with E-state index in [4.69, 9.17) is 21.1 Å². The van der Waals surface area contributed by atoms with Crippen LogP contribution in [-0.4, -0.2) is 44.2 Å². The Balaban J connectivity index is 1.81. The molecule has 1 saturated carbocycles. The van der Waals surface area contributed by atoms with Crippen molar-refractivity contribution in [3.63, 3.8) is 0 Å². The molecule has 0 aromatic carbocycles. The predicted octanol–water partition coefficient (Wildman–Crippen LogP) is 2.47. The van der Waals surface area contributed by atoms with Crippen LogP contribution in [0, 0.1) is 12.8 Å². The number of aryl methyl sites for hydroxylation is 1. The summed E-state index contributed by atoms with van der Waals surface area (Å²) in [5.41, 5.74) is 1.84. The zero-order valence-electron chi connectivity index (χ0n) is 13.4. The van der Waals surface area contributed by atoms with Crippen LogP contribution in [0.4, 0.5) is 0 Å². The number of halogens is 1. The number of hydrogen-bond acceptors (Lipinski definition) is 5. The van der Waals surface area contributed by atoms with Crippen molar-refractivity contribution in [1.29, 1.82) is 0 Å². The second-order valence-electron chi connectivity index (χ2n) is 6.89. The Morgan fingerprint density at radius 2 is 2.09 bits per heavy atom. The Morgan fingerprint density at radius 1 is 1.35 bits per heavy atom. The van der Waals surface area contributed by atoms with Gasteiger partial charge in [0.15, 0.2) is 5.79 Å². The molecule has 0 unspecified atom stereocenters. The van der Waals surface area contributed by atoms with Gasteiger partial charge in [-0.1, -0.05) is 11.6 Å². The third kappa shape index (κ3) is 2.28. The zero-order chi connectivity index (χ0) is 16.4. The van der Waals surface area contributed by atoms with Crippen LogP contribution in [0.5, 0.6) is 0 Å². The lowest BCUT2D eigenvalue weighted by molar-refractivity contribution is -0.161. The van der Waals surface area contributed by atoms with Crippen LogP contribution in [0.15, 0.2) is 12.5 Å². The van der Waals surface area contributed by atoms with Crippen molar-refractivity contribution in [2.75, 3.05) is 6.61 Å². The number of aromatic nitrogens is 3. The third-order valence-electron chi connectivity index (χ3n) is 4.90. The molecule has 0 spiro atoms. The van der Waals surface area contributed by atoms with E-state index in [9.17, 15) is 5.11 Å². The van der Waals surface area contributed by atoms with E-state index in [0.717, 1.165) is 23.0 Å². The smallest absolute Gasteiger partial charge is 0.163 e. The van der Waals surface area contributed by atoms with E-state index in [2.05, 4.69) is 14.5 Å².